The molecule has 118 valence electrons. The quantitative estimate of drug-likeness (QED) is 0.772. The highest BCUT2D eigenvalue weighted by molar-refractivity contribution is 7.89. The number of ether oxygens (including phenoxy) is 1. The Hall–Kier alpha value is -0.930. The van der Waals surface area contributed by atoms with Crippen molar-refractivity contribution in [2.24, 2.45) is 0 Å². The van der Waals surface area contributed by atoms with Gasteiger partial charge in [-0.15, -0.1) is 0 Å². The first-order valence-electron chi connectivity index (χ1n) is 6.44. The lowest BCUT2D eigenvalue weighted by molar-refractivity contribution is 0.0390. The summed E-state index contributed by atoms with van der Waals surface area (Å²) in [5.41, 5.74) is 5.13. The van der Waals surface area contributed by atoms with Gasteiger partial charge in [-0.3, -0.25) is 4.90 Å². The number of nitrogens with zero attached hydrogens (tertiary/aromatic N) is 1. The van der Waals surface area contributed by atoms with Crippen LogP contribution in [0.1, 0.15) is 0 Å². The first-order valence-corrected chi connectivity index (χ1v) is 8.30. The molecule has 0 aliphatic carbocycles. The van der Waals surface area contributed by atoms with Crippen LogP contribution >= 0.6 is 11.6 Å². The molecule has 2 rings (SSSR count). The molecular formula is C12H17ClFN3O3S. The Balaban J connectivity index is 1.99. The van der Waals surface area contributed by atoms with E-state index in [9.17, 15) is 12.8 Å². The summed E-state index contributed by atoms with van der Waals surface area (Å²) >= 11 is 5.77. The number of halogens is 2. The summed E-state index contributed by atoms with van der Waals surface area (Å²) in [7, 11) is -3.82. The lowest BCUT2D eigenvalue weighted by Crippen LogP contribution is -2.41. The van der Waals surface area contributed by atoms with Crippen LogP contribution in [0.15, 0.2) is 17.0 Å². The summed E-state index contributed by atoms with van der Waals surface area (Å²) in [4.78, 5) is 1.87. The van der Waals surface area contributed by atoms with Crippen LogP contribution in [0, 0.1) is 5.82 Å². The van der Waals surface area contributed by atoms with Crippen molar-refractivity contribution < 1.29 is 17.5 Å². The Morgan fingerprint density at radius 1 is 1.38 bits per heavy atom. The molecule has 0 bridgehead atoms. The monoisotopic (exact) mass is 337 g/mol. The van der Waals surface area contributed by atoms with E-state index in [1.165, 1.54) is 0 Å². The van der Waals surface area contributed by atoms with E-state index in [0.717, 1.165) is 25.2 Å². The first-order chi connectivity index (χ1) is 9.90. The van der Waals surface area contributed by atoms with Crippen molar-refractivity contribution in [1.82, 2.24) is 9.62 Å². The van der Waals surface area contributed by atoms with Gasteiger partial charge in [0.1, 0.15) is 10.7 Å². The van der Waals surface area contributed by atoms with E-state index < -0.39 is 15.8 Å². The van der Waals surface area contributed by atoms with E-state index in [4.69, 9.17) is 22.1 Å². The van der Waals surface area contributed by atoms with E-state index in [0.29, 0.717) is 19.8 Å². The molecule has 1 aliphatic heterocycles. The highest BCUT2D eigenvalue weighted by Crippen LogP contribution is 2.26. The van der Waals surface area contributed by atoms with Crippen molar-refractivity contribution in [2.45, 2.75) is 4.90 Å². The fourth-order valence-electron chi connectivity index (χ4n) is 1.99. The SMILES string of the molecule is Nc1cc(S(=O)(=O)NCCN2CCOCC2)c(Cl)cc1F. The Morgan fingerprint density at radius 2 is 2.05 bits per heavy atom. The number of morpholine rings is 1. The van der Waals surface area contributed by atoms with E-state index >= 15 is 0 Å². The van der Waals surface area contributed by atoms with Gasteiger partial charge in [-0.1, -0.05) is 11.6 Å². The van der Waals surface area contributed by atoms with Gasteiger partial charge in [0.2, 0.25) is 10.0 Å². The van der Waals surface area contributed by atoms with E-state index in [1.54, 1.807) is 0 Å². The molecule has 1 fully saturated rings. The van der Waals surface area contributed by atoms with Gasteiger partial charge >= 0.3 is 0 Å². The molecule has 0 atom stereocenters. The molecule has 1 aliphatic rings. The number of nitrogen functional groups attached to an aromatic ring is 1. The number of sulfonamides is 1. The summed E-state index contributed by atoms with van der Waals surface area (Å²) in [6, 6.07) is 1.92. The topological polar surface area (TPSA) is 84.7 Å². The largest absolute Gasteiger partial charge is 0.396 e. The van der Waals surface area contributed by atoms with Crippen LogP contribution < -0.4 is 10.5 Å². The van der Waals surface area contributed by atoms with Crippen LogP contribution in [-0.4, -0.2) is 52.7 Å². The van der Waals surface area contributed by atoms with Crippen molar-refractivity contribution in [3.63, 3.8) is 0 Å². The van der Waals surface area contributed by atoms with Crippen LogP contribution in [0.3, 0.4) is 0 Å². The van der Waals surface area contributed by atoms with E-state index in [1.807, 2.05) is 0 Å². The number of hydrogen-bond acceptors (Lipinski definition) is 5. The molecule has 0 radical (unpaired) electrons. The molecule has 0 unspecified atom stereocenters. The molecule has 0 saturated carbocycles. The van der Waals surface area contributed by atoms with Crippen molar-refractivity contribution in [2.75, 3.05) is 45.1 Å². The van der Waals surface area contributed by atoms with Crippen LogP contribution in [0.25, 0.3) is 0 Å². The smallest absolute Gasteiger partial charge is 0.242 e. The van der Waals surface area contributed by atoms with Crippen molar-refractivity contribution in [3.8, 4) is 0 Å². The van der Waals surface area contributed by atoms with Gasteiger partial charge in [-0.25, -0.2) is 17.5 Å². The number of rotatable bonds is 5. The third kappa shape index (κ3) is 4.27. The third-order valence-corrected chi connectivity index (χ3v) is 5.09. The molecule has 21 heavy (non-hydrogen) atoms. The van der Waals surface area contributed by atoms with Gasteiger partial charge in [-0.05, 0) is 12.1 Å². The van der Waals surface area contributed by atoms with E-state index in [2.05, 4.69) is 9.62 Å². The van der Waals surface area contributed by atoms with E-state index in [-0.39, 0.29) is 22.2 Å². The predicted octanol–water partition coefficient (Wildman–Crippen LogP) is 0.672. The minimum atomic E-state index is -3.82. The Morgan fingerprint density at radius 3 is 2.71 bits per heavy atom. The minimum absolute atomic E-state index is 0.194. The zero-order chi connectivity index (χ0) is 15.5. The fourth-order valence-corrected chi connectivity index (χ4v) is 3.56. The van der Waals surface area contributed by atoms with Crippen molar-refractivity contribution >= 4 is 27.3 Å². The zero-order valence-electron chi connectivity index (χ0n) is 11.3. The van der Waals surface area contributed by atoms with Crippen LogP contribution in [0.5, 0.6) is 0 Å². The Bertz CT molecular complexity index is 606. The zero-order valence-corrected chi connectivity index (χ0v) is 12.9. The number of anilines is 1. The molecule has 9 heteroatoms. The van der Waals surface area contributed by atoms with Crippen LogP contribution in [0.2, 0.25) is 5.02 Å². The normalized spacial score (nSPS) is 17.0. The van der Waals surface area contributed by atoms with Crippen LogP contribution in [-0.2, 0) is 14.8 Å². The Labute approximate surface area is 128 Å². The second-order valence-corrected chi connectivity index (χ2v) is 6.80. The van der Waals surface area contributed by atoms with Crippen molar-refractivity contribution in [1.29, 1.82) is 0 Å². The summed E-state index contributed by atoms with van der Waals surface area (Å²) in [6.07, 6.45) is 0. The van der Waals surface area contributed by atoms with Gasteiger partial charge in [0.15, 0.2) is 0 Å². The maximum Gasteiger partial charge on any atom is 0.242 e. The van der Waals surface area contributed by atoms with Crippen molar-refractivity contribution in [3.05, 3.63) is 23.0 Å². The summed E-state index contributed by atoms with van der Waals surface area (Å²) in [5.74, 6) is -0.743. The second kappa shape index (κ2) is 6.89. The molecule has 1 saturated heterocycles. The average Bonchev–Trinajstić information content (AvgIpc) is 2.43. The maximum absolute atomic E-state index is 13.2. The second-order valence-electron chi connectivity index (χ2n) is 4.66. The van der Waals surface area contributed by atoms with Gasteiger partial charge in [0.05, 0.1) is 23.9 Å². The minimum Gasteiger partial charge on any atom is -0.396 e. The van der Waals surface area contributed by atoms with Crippen LogP contribution in [0.4, 0.5) is 10.1 Å². The molecule has 1 aromatic carbocycles. The molecule has 3 N–H and O–H groups in total. The van der Waals surface area contributed by atoms with Gasteiger partial charge in [0, 0.05) is 26.2 Å². The molecule has 1 aromatic rings. The lowest BCUT2D eigenvalue weighted by atomic mass is 10.3. The fraction of sp³-hybridized carbons (Fsp3) is 0.500. The number of nitrogens with one attached hydrogen (secondary N) is 1. The summed E-state index contributed by atoms with van der Waals surface area (Å²) in [6.45, 7) is 3.63. The standard InChI is InChI=1S/C12H17ClFN3O3S/c13-9-7-10(14)11(15)8-12(9)21(18,19)16-1-2-17-3-5-20-6-4-17/h7-8,16H,1-6,15H2. The molecule has 0 aromatic heterocycles. The average molecular weight is 338 g/mol. The molecular weight excluding hydrogens is 321 g/mol. The first kappa shape index (κ1) is 16.4. The van der Waals surface area contributed by atoms with Gasteiger partial charge in [-0.2, -0.15) is 0 Å². The summed E-state index contributed by atoms with van der Waals surface area (Å²) < 4.78 is 45.1. The predicted molar refractivity (Wildman–Crippen MR) is 78.3 cm³/mol. The van der Waals surface area contributed by atoms with Gasteiger partial charge in [0.25, 0.3) is 0 Å². The molecule has 6 nitrogen and oxygen atoms in total. The molecule has 0 amide bonds. The Kier molecular flexibility index (Phi) is 5.39. The highest BCUT2D eigenvalue weighted by Gasteiger charge is 2.20. The number of nitrogens with two attached hydrogens (primary N) is 1. The highest BCUT2D eigenvalue weighted by atomic mass is 35.5. The lowest BCUT2D eigenvalue weighted by Gasteiger charge is -2.26. The molecule has 1 heterocycles. The maximum atomic E-state index is 13.2. The molecule has 0 spiro atoms. The van der Waals surface area contributed by atoms with Gasteiger partial charge < -0.3 is 10.5 Å². The number of hydrogen-bond donors (Lipinski definition) is 2. The summed E-state index contributed by atoms with van der Waals surface area (Å²) in [5, 5.41) is -0.194. The third-order valence-electron chi connectivity index (χ3n) is 3.16. The number of benzene rings is 1.